The lowest BCUT2D eigenvalue weighted by Crippen LogP contribution is -2.28. The van der Waals surface area contributed by atoms with Gasteiger partial charge in [-0.05, 0) is 43.3 Å². The topological polar surface area (TPSA) is 124 Å². The molecule has 2 aromatic rings. The molecular formula is C21H20BrNO8. The van der Waals surface area contributed by atoms with E-state index in [9.17, 15) is 14.7 Å². The van der Waals surface area contributed by atoms with Crippen LogP contribution in [0.25, 0.3) is 0 Å². The molecule has 9 nitrogen and oxygen atoms in total. The van der Waals surface area contributed by atoms with Gasteiger partial charge in [0.25, 0.3) is 0 Å². The quantitative estimate of drug-likeness (QED) is 0.467. The van der Waals surface area contributed by atoms with E-state index in [0.717, 1.165) is 6.08 Å². The first-order valence-corrected chi connectivity index (χ1v) is 10.0. The normalized spacial score (nSPS) is 14.3. The molecule has 2 aromatic carbocycles. The van der Waals surface area contributed by atoms with Gasteiger partial charge < -0.3 is 29.2 Å². The highest BCUT2D eigenvalue weighted by atomic mass is 79.9. The van der Waals surface area contributed by atoms with Gasteiger partial charge in [-0.25, -0.2) is 9.59 Å². The molecule has 0 saturated heterocycles. The highest BCUT2D eigenvalue weighted by Gasteiger charge is 2.29. The number of phenols is 1. The maximum absolute atomic E-state index is 12.6. The summed E-state index contributed by atoms with van der Waals surface area (Å²) in [6.07, 6.45) is -0.797. The van der Waals surface area contributed by atoms with Crippen LogP contribution in [0, 0.1) is 0 Å². The molecule has 10 heteroatoms. The molecular weight excluding hydrogens is 474 g/mol. The predicted molar refractivity (Wildman–Crippen MR) is 113 cm³/mol. The Morgan fingerprint density at radius 2 is 2.00 bits per heavy atom. The number of hydrogen-bond donors (Lipinski definition) is 3. The molecule has 2 atom stereocenters. The van der Waals surface area contributed by atoms with Gasteiger partial charge in [-0.1, -0.05) is 15.9 Å². The smallest absolute Gasteiger partial charge is 0.412 e. The maximum atomic E-state index is 12.6. The van der Waals surface area contributed by atoms with Crippen molar-refractivity contribution in [3.8, 4) is 17.2 Å². The van der Waals surface area contributed by atoms with Crippen molar-refractivity contribution in [2.45, 2.75) is 19.1 Å². The van der Waals surface area contributed by atoms with Crippen molar-refractivity contribution >= 4 is 33.7 Å². The van der Waals surface area contributed by atoms with E-state index < -0.39 is 24.3 Å². The number of rotatable bonds is 8. The van der Waals surface area contributed by atoms with Crippen molar-refractivity contribution in [1.29, 1.82) is 0 Å². The highest BCUT2D eigenvalue weighted by Crippen LogP contribution is 2.36. The van der Waals surface area contributed by atoms with Crippen LogP contribution < -0.4 is 14.8 Å². The molecule has 0 unspecified atom stereocenters. The number of phenolic OH excluding ortho intramolecular Hbond substituents is 1. The summed E-state index contributed by atoms with van der Waals surface area (Å²) in [5, 5.41) is 21.9. The van der Waals surface area contributed by atoms with E-state index in [-0.39, 0.29) is 24.7 Å². The van der Waals surface area contributed by atoms with Crippen molar-refractivity contribution in [2.24, 2.45) is 0 Å². The standard InChI is InChI=1S/C21H20BrNO8/c1-2-28-17(7-8-19(25)26)20(14-9-12(22)3-5-15(14)24)31-21(27)23-13-4-6-16-18(10-13)30-11-29-16/h3-10,17,20,24H,2,11H2,1H3,(H,23,27)(H,25,26)/b8-7+/t17-,20-/m1/s1. The molecule has 0 bridgehead atoms. The van der Waals surface area contributed by atoms with Crippen LogP contribution in [0.15, 0.2) is 53.0 Å². The van der Waals surface area contributed by atoms with Gasteiger partial charge in [-0.3, -0.25) is 5.32 Å². The van der Waals surface area contributed by atoms with Crippen molar-refractivity contribution in [3.63, 3.8) is 0 Å². The molecule has 3 N–H and O–H groups in total. The third-order valence-corrected chi connectivity index (χ3v) is 4.73. The maximum Gasteiger partial charge on any atom is 0.412 e. The minimum absolute atomic E-state index is 0.0966. The number of halogens is 1. The molecule has 3 rings (SSSR count). The molecule has 31 heavy (non-hydrogen) atoms. The van der Waals surface area contributed by atoms with Gasteiger partial charge in [0.1, 0.15) is 11.9 Å². The van der Waals surface area contributed by atoms with E-state index in [0.29, 0.717) is 21.7 Å². The Balaban J connectivity index is 1.86. The summed E-state index contributed by atoms with van der Waals surface area (Å²) >= 11 is 3.32. The minimum Gasteiger partial charge on any atom is -0.508 e. The molecule has 0 radical (unpaired) electrons. The molecule has 1 aliphatic heterocycles. The number of hydrogen-bond acceptors (Lipinski definition) is 7. The summed E-state index contributed by atoms with van der Waals surface area (Å²) in [5.41, 5.74) is 0.643. The van der Waals surface area contributed by atoms with Crippen molar-refractivity contribution in [1.82, 2.24) is 0 Å². The Morgan fingerprint density at radius 1 is 1.23 bits per heavy atom. The first-order chi connectivity index (χ1) is 14.9. The van der Waals surface area contributed by atoms with Gasteiger partial charge in [0, 0.05) is 34.5 Å². The van der Waals surface area contributed by atoms with Crippen LogP contribution in [0.1, 0.15) is 18.6 Å². The number of benzene rings is 2. The molecule has 0 aliphatic carbocycles. The third-order valence-electron chi connectivity index (χ3n) is 4.24. The highest BCUT2D eigenvalue weighted by molar-refractivity contribution is 9.10. The average Bonchev–Trinajstić information content (AvgIpc) is 3.19. The van der Waals surface area contributed by atoms with Gasteiger partial charge in [-0.15, -0.1) is 0 Å². The summed E-state index contributed by atoms with van der Waals surface area (Å²) in [6.45, 7) is 2.03. The first kappa shape index (κ1) is 22.4. The van der Waals surface area contributed by atoms with Gasteiger partial charge in [-0.2, -0.15) is 0 Å². The molecule has 1 heterocycles. The van der Waals surface area contributed by atoms with E-state index in [1.807, 2.05) is 0 Å². The van der Waals surface area contributed by atoms with Crippen LogP contribution in [0.2, 0.25) is 0 Å². The Kier molecular flexibility index (Phi) is 7.37. The monoisotopic (exact) mass is 493 g/mol. The lowest BCUT2D eigenvalue weighted by Gasteiger charge is -2.26. The number of aromatic hydroxyl groups is 1. The SMILES string of the molecule is CCO[C@H](/C=C/C(=O)O)[C@H](OC(=O)Nc1ccc2c(c1)OCO2)c1cc(Br)ccc1O. The number of ether oxygens (including phenoxy) is 4. The van der Waals surface area contributed by atoms with Gasteiger partial charge in [0.15, 0.2) is 17.6 Å². The second kappa shape index (κ2) is 10.2. The second-order valence-corrected chi connectivity index (χ2v) is 7.26. The number of anilines is 1. The van der Waals surface area contributed by atoms with Gasteiger partial charge >= 0.3 is 12.1 Å². The number of amides is 1. The molecule has 1 amide bonds. The Labute approximate surface area is 186 Å². The number of fused-ring (bicyclic) bond motifs is 1. The van der Waals surface area contributed by atoms with Crippen molar-refractivity contribution < 1.29 is 38.7 Å². The second-order valence-electron chi connectivity index (χ2n) is 6.34. The number of carboxylic acid groups (broad SMARTS) is 1. The Hall–Kier alpha value is -3.24. The lowest BCUT2D eigenvalue weighted by atomic mass is 10.0. The summed E-state index contributed by atoms with van der Waals surface area (Å²) in [5.74, 6) is -0.286. The van der Waals surface area contributed by atoms with Crippen molar-refractivity contribution in [3.05, 3.63) is 58.6 Å². The van der Waals surface area contributed by atoms with Crippen LogP contribution in [0.3, 0.4) is 0 Å². The van der Waals surface area contributed by atoms with Crippen LogP contribution in [-0.4, -0.2) is 41.8 Å². The van der Waals surface area contributed by atoms with E-state index in [1.165, 1.54) is 12.1 Å². The zero-order valence-electron chi connectivity index (χ0n) is 16.4. The zero-order valence-corrected chi connectivity index (χ0v) is 18.0. The average molecular weight is 494 g/mol. The van der Waals surface area contributed by atoms with Gasteiger partial charge in [0.2, 0.25) is 6.79 Å². The fourth-order valence-electron chi connectivity index (χ4n) is 2.91. The number of carboxylic acids is 1. The van der Waals surface area contributed by atoms with Gasteiger partial charge in [0.05, 0.1) is 0 Å². The Morgan fingerprint density at radius 3 is 2.74 bits per heavy atom. The molecule has 164 valence electrons. The number of carbonyl (C=O) groups is 2. The van der Waals surface area contributed by atoms with Crippen LogP contribution in [0.5, 0.6) is 17.2 Å². The first-order valence-electron chi connectivity index (χ1n) is 9.25. The summed E-state index contributed by atoms with van der Waals surface area (Å²) < 4.78 is 22.3. The number of carbonyl (C=O) groups excluding carboxylic acids is 1. The lowest BCUT2D eigenvalue weighted by molar-refractivity contribution is -0.131. The molecule has 0 fully saturated rings. The van der Waals surface area contributed by atoms with E-state index in [2.05, 4.69) is 21.2 Å². The van der Waals surface area contributed by atoms with E-state index in [1.54, 1.807) is 37.3 Å². The van der Waals surface area contributed by atoms with Crippen LogP contribution in [0.4, 0.5) is 10.5 Å². The third kappa shape index (κ3) is 5.89. The zero-order chi connectivity index (χ0) is 22.4. The van der Waals surface area contributed by atoms with E-state index >= 15 is 0 Å². The summed E-state index contributed by atoms with van der Waals surface area (Å²) in [7, 11) is 0. The largest absolute Gasteiger partial charge is 0.508 e. The molecule has 0 spiro atoms. The molecule has 0 aromatic heterocycles. The minimum atomic E-state index is -1.19. The predicted octanol–water partition coefficient (Wildman–Crippen LogP) is 4.22. The van der Waals surface area contributed by atoms with Crippen LogP contribution in [-0.2, 0) is 14.3 Å². The fourth-order valence-corrected chi connectivity index (χ4v) is 3.29. The fraction of sp³-hybridized carbons (Fsp3) is 0.238. The molecule has 1 aliphatic rings. The Bertz CT molecular complexity index is 993. The number of nitrogens with one attached hydrogen (secondary N) is 1. The van der Waals surface area contributed by atoms with E-state index in [4.69, 9.17) is 24.1 Å². The summed E-state index contributed by atoms with van der Waals surface area (Å²) in [4.78, 5) is 23.6. The van der Waals surface area contributed by atoms with Crippen LogP contribution >= 0.6 is 15.9 Å². The number of aliphatic carboxylic acids is 1. The summed E-state index contributed by atoms with van der Waals surface area (Å²) in [6, 6.07) is 9.45. The molecule has 0 saturated carbocycles. The van der Waals surface area contributed by atoms with Crippen molar-refractivity contribution in [2.75, 3.05) is 18.7 Å².